The van der Waals surface area contributed by atoms with Gasteiger partial charge >= 0.3 is 0 Å². The number of halogens is 1. The molecule has 0 aliphatic heterocycles. The van der Waals surface area contributed by atoms with E-state index in [4.69, 9.17) is 11.6 Å². The fourth-order valence-corrected chi connectivity index (χ4v) is 2.22. The van der Waals surface area contributed by atoms with Gasteiger partial charge in [0.05, 0.1) is 5.52 Å². The molecule has 15 heavy (non-hydrogen) atoms. The molecule has 3 nitrogen and oxygen atoms in total. The van der Waals surface area contributed by atoms with Crippen molar-refractivity contribution in [3.05, 3.63) is 23.2 Å². The summed E-state index contributed by atoms with van der Waals surface area (Å²) in [7, 11) is 0. The minimum absolute atomic E-state index is 0.515. The van der Waals surface area contributed by atoms with E-state index >= 15 is 0 Å². The van der Waals surface area contributed by atoms with Gasteiger partial charge in [0.1, 0.15) is 11.3 Å². The van der Waals surface area contributed by atoms with E-state index in [1.807, 2.05) is 6.07 Å². The fourth-order valence-electron chi connectivity index (χ4n) is 2.03. The molecule has 0 saturated heterocycles. The number of imidazole rings is 1. The molecule has 0 unspecified atom stereocenters. The van der Waals surface area contributed by atoms with Crippen LogP contribution < -0.4 is 0 Å². The molecule has 0 radical (unpaired) electrons. The van der Waals surface area contributed by atoms with Crippen LogP contribution in [0.2, 0.25) is 5.15 Å². The lowest BCUT2D eigenvalue weighted by Gasteiger charge is -2.04. The Kier molecular flexibility index (Phi) is 1.96. The van der Waals surface area contributed by atoms with E-state index in [2.05, 4.69) is 21.5 Å². The van der Waals surface area contributed by atoms with Gasteiger partial charge in [-0.05, 0) is 18.9 Å². The van der Waals surface area contributed by atoms with Crippen LogP contribution in [-0.2, 0) is 6.42 Å². The van der Waals surface area contributed by atoms with Gasteiger partial charge in [-0.15, -0.1) is 0 Å². The molecule has 1 aliphatic rings. The topological polar surface area (TPSA) is 30.7 Å². The van der Waals surface area contributed by atoms with E-state index in [0.717, 1.165) is 23.3 Å². The van der Waals surface area contributed by atoms with E-state index in [1.165, 1.54) is 12.8 Å². The molecule has 2 aromatic heterocycles. The molecule has 0 atom stereocenters. The number of rotatable bonds is 2. The number of hydrogen-bond donors (Lipinski definition) is 0. The maximum atomic E-state index is 6.04. The fraction of sp³-hybridized carbons (Fsp3) is 0.455. The number of nitrogens with zero attached hydrogens (tertiary/aromatic N) is 3. The second-order valence-corrected chi connectivity index (χ2v) is 4.31. The molecule has 0 N–H and O–H groups in total. The first-order chi connectivity index (χ1) is 7.31. The van der Waals surface area contributed by atoms with Crippen molar-refractivity contribution < 1.29 is 0 Å². The number of hydrogen-bond acceptors (Lipinski definition) is 2. The first-order valence-corrected chi connectivity index (χ1v) is 5.70. The highest BCUT2D eigenvalue weighted by atomic mass is 35.5. The molecule has 78 valence electrons. The Hall–Kier alpha value is -1.09. The van der Waals surface area contributed by atoms with E-state index < -0.39 is 0 Å². The van der Waals surface area contributed by atoms with Gasteiger partial charge in [-0.1, -0.05) is 18.5 Å². The highest BCUT2D eigenvalue weighted by molar-refractivity contribution is 6.33. The zero-order valence-electron chi connectivity index (χ0n) is 8.57. The summed E-state index contributed by atoms with van der Waals surface area (Å²) in [5.41, 5.74) is 1.98. The van der Waals surface area contributed by atoms with Crippen molar-refractivity contribution in [3.8, 4) is 0 Å². The van der Waals surface area contributed by atoms with Crippen molar-refractivity contribution in [1.29, 1.82) is 0 Å². The summed E-state index contributed by atoms with van der Waals surface area (Å²) in [6.45, 7) is 2.13. The first-order valence-electron chi connectivity index (χ1n) is 5.32. The average molecular weight is 222 g/mol. The van der Waals surface area contributed by atoms with Gasteiger partial charge in [0.2, 0.25) is 0 Å². The minimum atomic E-state index is 0.515. The molecular weight excluding hydrogens is 210 g/mol. The molecule has 0 aromatic carbocycles. The largest absolute Gasteiger partial charge is 0.325 e. The quantitative estimate of drug-likeness (QED) is 0.730. The number of aromatic nitrogens is 3. The van der Waals surface area contributed by atoms with Crippen molar-refractivity contribution >= 4 is 22.6 Å². The van der Waals surface area contributed by atoms with Crippen LogP contribution in [0.15, 0.2) is 12.3 Å². The monoisotopic (exact) mass is 221 g/mol. The first kappa shape index (κ1) is 9.16. The highest BCUT2D eigenvalue weighted by Gasteiger charge is 2.28. The van der Waals surface area contributed by atoms with Gasteiger partial charge in [0, 0.05) is 18.7 Å². The summed E-state index contributed by atoms with van der Waals surface area (Å²) < 4.78 is 2.32. The number of pyridine rings is 1. The Morgan fingerprint density at radius 1 is 1.53 bits per heavy atom. The van der Waals surface area contributed by atoms with E-state index in [-0.39, 0.29) is 0 Å². The maximum absolute atomic E-state index is 6.04. The molecule has 3 rings (SSSR count). The van der Waals surface area contributed by atoms with Gasteiger partial charge in [-0.2, -0.15) is 0 Å². The normalized spacial score (nSPS) is 16.1. The third kappa shape index (κ3) is 1.34. The predicted octanol–water partition coefficient (Wildman–Crippen LogP) is 2.98. The lowest BCUT2D eigenvalue weighted by Crippen LogP contribution is -1.99. The maximum Gasteiger partial charge on any atom is 0.156 e. The van der Waals surface area contributed by atoms with E-state index in [0.29, 0.717) is 11.2 Å². The van der Waals surface area contributed by atoms with Crippen molar-refractivity contribution in [1.82, 2.24) is 14.5 Å². The second-order valence-electron chi connectivity index (χ2n) is 3.95. The van der Waals surface area contributed by atoms with Gasteiger partial charge in [-0.3, -0.25) is 0 Å². The van der Waals surface area contributed by atoms with Gasteiger partial charge in [0.15, 0.2) is 5.15 Å². The summed E-state index contributed by atoms with van der Waals surface area (Å²) in [6, 6.07) is 2.65. The van der Waals surface area contributed by atoms with Crippen LogP contribution in [0.3, 0.4) is 0 Å². The van der Waals surface area contributed by atoms with Crippen LogP contribution >= 0.6 is 11.6 Å². The Morgan fingerprint density at radius 2 is 2.33 bits per heavy atom. The summed E-state index contributed by atoms with van der Waals surface area (Å²) >= 11 is 6.04. The molecule has 0 spiro atoms. The van der Waals surface area contributed by atoms with Crippen LogP contribution in [0, 0.1) is 0 Å². The van der Waals surface area contributed by atoms with E-state index in [1.54, 1.807) is 6.20 Å². The van der Waals surface area contributed by atoms with Crippen molar-refractivity contribution in [2.24, 2.45) is 0 Å². The van der Waals surface area contributed by atoms with Crippen LogP contribution in [0.4, 0.5) is 0 Å². The molecule has 1 saturated carbocycles. The minimum Gasteiger partial charge on any atom is -0.325 e. The summed E-state index contributed by atoms with van der Waals surface area (Å²) in [5, 5.41) is 0.515. The summed E-state index contributed by atoms with van der Waals surface area (Å²) in [5.74, 6) is 1.13. The van der Waals surface area contributed by atoms with Crippen LogP contribution in [0.25, 0.3) is 11.0 Å². The van der Waals surface area contributed by atoms with Gasteiger partial charge < -0.3 is 4.57 Å². The molecule has 1 fully saturated rings. The molecule has 0 amide bonds. The molecule has 1 aliphatic carbocycles. The van der Waals surface area contributed by atoms with E-state index in [9.17, 15) is 0 Å². The Bertz CT molecular complexity index is 514. The van der Waals surface area contributed by atoms with Gasteiger partial charge in [-0.25, -0.2) is 9.97 Å². The van der Waals surface area contributed by atoms with Crippen LogP contribution in [0.5, 0.6) is 0 Å². The third-order valence-corrected chi connectivity index (χ3v) is 3.14. The third-order valence-electron chi connectivity index (χ3n) is 2.87. The summed E-state index contributed by atoms with van der Waals surface area (Å²) in [6.07, 6.45) is 5.23. The number of fused-ring (bicyclic) bond motifs is 1. The average Bonchev–Trinajstić information content (AvgIpc) is 3.00. The molecule has 4 heteroatoms. The zero-order valence-corrected chi connectivity index (χ0v) is 9.33. The summed E-state index contributed by atoms with van der Waals surface area (Å²) in [4.78, 5) is 8.63. The lowest BCUT2D eigenvalue weighted by molar-refractivity contribution is 0.708. The Labute approximate surface area is 93.1 Å². The number of aryl methyl sites for hydroxylation is 1. The molecular formula is C11H12ClN3. The van der Waals surface area contributed by atoms with Crippen molar-refractivity contribution in [2.75, 3.05) is 0 Å². The Balaban J connectivity index is 2.33. The van der Waals surface area contributed by atoms with Crippen molar-refractivity contribution in [2.45, 2.75) is 32.2 Å². The van der Waals surface area contributed by atoms with Crippen LogP contribution in [-0.4, -0.2) is 14.5 Å². The molecule has 2 aromatic rings. The standard InChI is InChI=1S/C11H12ClN3/c1-2-9-14-10-8(5-6-13-11(10)12)15(9)7-3-4-7/h5-7H,2-4H2,1H3. The molecule has 0 bridgehead atoms. The predicted molar refractivity (Wildman–Crippen MR) is 60.2 cm³/mol. The lowest BCUT2D eigenvalue weighted by atomic mass is 10.4. The van der Waals surface area contributed by atoms with Crippen molar-refractivity contribution in [3.63, 3.8) is 0 Å². The smallest absolute Gasteiger partial charge is 0.156 e. The SMILES string of the molecule is CCc1nc2c(Cl)nccc2n1C1CC1. The molecule has 2 heterocycles. The second kappa shape index (κ2) is 3.20. The Morgan fingerprint density at radius 3 is 3.00 bits per heavy atom. The van der Waals surface area contributed by atoms with Gasteiger partial charge in [0.25, 0.3) is 0 Å². The van der Waals surface area contributed by atoms with Crippen LogP contribution in [0.1, 0.15) is 31.6 Å². The highest BCUT2D eigenvalue weighted by Crippen LogP contribution is 2.39. The zero-order chi connectivity index (χ0) is 10.4.